The lowest BCUT2D eigenvalue weighted by Crippen LogP contribution is -2.50. The average Bonchev–Trinajstić information content (AvgIpc) is 2.97. The first kappa shape index (κ1) is 24.6. The highest BCUT2D eigenvalue weighted by atomic mass is 127. The van der Waals surface area contributed by atoms with Crippen molar-refractivity contribution in [2.75, 3.05) is 46.4 Å². The summed E-state index contributed by atoms with van der Waals surface area (Å²) in [6.07, 6.45) is 2.15. The van der Waals surface area contributed by atoms with Gasteiger partial charge in [0.25, 0.3) is 0 Å². The van der Waals surface area contributed by atoms with E-state index in [4.69, 9.17) is 9.72 Å². The van der Waals surface area contributed by atoms with Gasteiger partial charge >= 0.3 is 0 Å². The molecule has 2 heterocycles. The van der Waals surface area contributed by atoms with E-state index in [0.717, 1.165) is 58.1 Å². The zero-order valence-electron chi connectivity index (χ0n) is 17.4. The van der Waals surface area contributed by atoms with Gasteiger partial charge in [0.1, 0.15) is 0 Å². The molecular weight excluding hydrogens is 473 g/mol. The molecule has 1 saturated heterocycles. The molecule has 1 aromatic rings. The maximum atomic E-state index is 5.89. The lowest BCUT2D eigenvalue weighted by Gasteiger charge is -2.34. The van der Waals surface area contributed by atoms with E-state index in [1.165, 1.54) is 15.6 Å². The third-order valence-corrected chi connectivity index (χ3v) is 5.54. The molecule has 0 aromatic carbocycles. The number of morpholine rings is 1. The Kier molecular flexibility index (Phi) is 11.7. The first-order valence-corrected chi connectivity index (χ1v) is 10.6. The number of ether oxygens (including phenoxy) is 1. The number of aromatic nitrogens is 1. The van der Waals surface area contributed by atoms with Crippen LogP contribution in [0.3, 0.4) is 0 Å². The van der Waals surface area contributed by atoms with E-state index in [-0.39, 0.29) is 30.1 Å². The standard InChI is InChI=1S/C19H35N5OS.HI/c1-6-17-15(4)26-18(23-17)7-8-21-19(20-5)22-11-16-13-24(9-10-25-16)12-14(2)3;/h14,16H,6-13H2,1-5H3,(H2,20,21,22);1H. The summed E-state index contributed by atoms with van der Waals surface area (Å²) in [6.45, 7) is 14.4. The maximum absolute atomic E-state index is 5.89. The Morgan fingerprint density at radius 2 is 2.19 bits per heavy atom. The smallest absolute Gasteiger partial charge is 0.191 e. The number of aryl methyl sites for hydroxylation is 2. The van der Waals surface area contributed by atoms with Gasteiger partial charge in [-0.15, -0.1) is 35.3 Å². The highest BCUT2D eigenvalue weighted by molar-refractivity contribution is 14.0. The summed E-state index contributed by atoms with van der Waals surface area (Å²) in [5, 5.41) is 7.98. The molecule has 1 atom stereocenters. The largest absolute Gasteiger partial charge is 0.374 e. The van der Waals surface area contributed by atoms with Gasteiger partial charge in [0.15, 0.2) is 5.96 Å². The monoisotopic (exact) mass is 509 g/mol. The highest BCUT2D eigenvalue weighted by Crippen LogP contribution is 2.17. The minimum absolute atomic E-state index is 0. The number of nitrogens with one attached hydrogen (secondary N) is 2. The molecule has 0 saturated carbocycles. The second-order valence-electron chi connectivity index (χ2n) is 7.24. The molecule has 27 heavy (non-hydrogen) atoms. The molecular formula is C19H36IN5OS. The minimum Gasteiger partial charge on any atom is -0.374 e. The van der Waals surface area contributed by atoms with Gasteiger partial charge in [0.05, 0.1) is 23.4 Å². The van der Waals surface area contributed by atoms with Crippen LogP contribution < -0.4 is 10.6 Å². The SMILES string of the molecule is CCc1nc(CCNC(=NC)NCC2CN(CC(C)C)CCO2)sc1C.I. The van der Waals surface area contributed by atoms with Crippen LogP contribution >= 0.6 is 35.3 Å². The van der Waals surface area contributed by atoms with Gasteiger partial charge in [-0.25, -0.2) is 4.98 Å². The zero-order chi connectivity index (χ0) is 18.9. The molecule has 6 nitrogen and oxygen atoms in total. The number of rotatable bonds is 8. The van der Waals surface area contributed by atoms with E-state index < -0.39 is 0 Å². The summed E-state index contributed by atoms with van der Waals surface area (Å²) < 4.78 is 5.89. The van der Waals surface area contributed by atoms with Gasteiger partial charge in [-0.3, -0.25) is 9.89 Å². The predicted molar refractivity (Wildman–Crippen MR) is 126 cm³/mol. The average molecular weight is 510 g/mol. The number of hydrogen-bond acceptors (Lipinski definition) is 5. The lowest BCUT2D eigenvalue weighted by molar-refractivity contribution is -0.0284. The van der Waals surface area contributed by atoms with Crippen LogP contribution in [0, 0.1) is 12.8 Å². The van der Waals surface area contributed by atoms with Crippen LogP contribution in [-0.4, -0.2) is 68.3 Å². The van der Waals surface area contributed by atoms with Crippen LogP contribution in [0.15, 0.2) is 4.99 Å². The van der Waals surface area contributed by atoms with Gasteiger partial charge in [0.2, 0.25) is 0 Å². The maximum Gasteiger partial charge on any atom is 0.191 e. The predicted octanol–water partition coefficient (Wildman–Crippen LogP) is 2.70. The van der Waals surface area contributed by atoms with Gasteiger partial charge < -0.3 is 15.4 Å². The molecule has 0 aliphatic carbocycles. The summed E-state index contributed by atoms with van der Waals surface area (Å²) in [6, 6.07) is 0. The Labute approximate surface area is 185 Å². The van der Waals surface area contributed by atoms with Crippen molar-refractivity contribution in [1.82, 2.24) is 20.5 Å². The molecule has 1 aliphatic rings. The Morgan fingerprint density at radius 3 is 2.81 bits per heavy atom. The Morgan fingerprint density at radius 1 is 1.41 bits per heavy atom. The van der Waals surface area contributed by atoms with Crippen molar-refractivity contribution in [3.05, 3.63) is 15.6 Å². The molecule has 1 aliphatic heterocycles. The third kappa shape index (κ3) is 8.62. The van der Waals surface area contributed by atoms with Crippen molar-refractivity contribution >= 4 is 41.3 Å². The Hall–Kier alpha value is -0.450. The molecule has 8 heteroatoms. The molecule has 156 valence electrons. The highest BCUT2D eigenvalue weighted by Gasteiger charge is 2.21. The van der Waals surface area contributed by atoms with Gasteiger partial charge in [-0.05, 0) is 19.3 Å². The number of nitrogens with zero attached hydrogens (tertiary/aromatic N) is 3. The first-order chi connectivity index (χ1) is 12.5. The van der Waals surface area contributed by atoms with E-state index >= 15 is 0 Å². The van der Waals surface area contributed by atoms with E-state index in [1.807, 2.05) is 7.05 Å². The number of guanidine groups is 1. The fourth-order valence-corrected chi connectivity index (χ4v) is 4.25. The Balaban J connectivity index is 0.00000364. The van der Waals surface area contributed by atoms with Crippen LogP contribution in [0.2, 0.25) is 0 Å². The summed E-state index contributed by atoms with van der Waals surface area (Å²) in [5.74, 6) is 1.53. The van der Waals surface area contributed by atoms with Crippen molar-refractivity contribution in [1.29, 1.82) is 0 Å². The summed E-state index contributed by atoms with van der Waals surface area (Å²) in [4.78, 5) is 12.8. The second kappa shape index (κ2) is 12.9. The molecule has 0 radical (unpaired) electrons. The van der Waals surface area contributed by atoms with Crippen molar-refractivity contribution in [2.24, 2.45) is 10.9 Å². The summed E-state index contributed by atoms with van der Waals surface area (Å²) in [7, 11) is 1.81. The normalized spacial score (nSPS) is 18.4. The molecule has 2 rings (SSSR count). The third-order valence-electron chi connectivity index (χ3n) is 4.47. The van der Waals surface area contributed by atoms with Crippen LogP contribution in [0.5, 0.6) is 0 Å². The van der Waals surface area contributed by atoms with E-state index in [1.54, 1.807) is 11.3 Å². The van der Waals surface area contributed by atoms with Crippen LogP contribution in [0.1, 0.15) is 36.3 Å². The molecule has 1 fully saturated rings. The van der Waals surface area contributed by atoms with Crippen molar-refractivity contribution in [3.63, 3.8) is 0 Å². The van der Waals surface area contributed by atoms with Gasteiger partial charge in [-0.1, -0.05) is 20.8 Å². The number of aliphatic imine (C=N–C) groups is 1. The van der Waals surface area contributed by atoms with E-state index in [2.05, 4.69) is 48.2 Å². The second-order valence-corrected chi connectivity index (χ2v) is 8.53. The van der Waals surface area contributed by atoms with Crippen molar-refractivity contribution < 1.29 is 4.74 Å². The van der Waals surface area contributed by atoms with E-state index in [9.17, 15) is 0 Å². The fraction of sp³-hybridized carbons (Fsp3) is 0.789. The topological polar surface area (TPSA) is 61.8 Å². The Bertz CT molecular complexity index is 578. The minimum atomic E-state index is 0. The quantitative estimate of drug-likeness (QED) is 0.321. The molecule has 1 unspecified atom stereocenters. The number of thiazole rings is 1. The summed E-state index contributed by atoms with van der Waals surface area (Å²) >= 11 is 1.80. The molecule has 0 bridgehead atoms. The molecule has 1 aromatic heterocycles. The van der Waals surface area contributed by atoms with E-state index in [0.29, 0.717) is 5.92 Å². The fourth-order valence-electron chi connectivity index (χ4n) is 3.23. The van der Waals surface area contributed by atoms with Gasteiger partial charge in [0, 0.05) is 51.1 Å². The van der Waals surface area contributed by atoms with Gasteiger partial charge in [-0.2, -0.15) is 0 Å². The molecule has 0 spiro atoms. The number of halogens is 1. The van der Waals surface area contributed by atoms with Crippen molar-refractivity contribution in [3.8, 4) is 0 Å². The number of hydrogen-bond donors (Lipinski definition) is 2. The van der Waals surface area contributed by atoms with Crippen LogP contribution in [0.4, 0.5) is 0 Å². The van der Waals surface area contributed by atoms with Crippen LogP contribution in [-0.2, 0) is 17.6 Å². The first-order valence-electron chi connectivity index (χ1n) is 9.75. The van der Waals surface area contributed by atoms with Crippen molar-refractivity contribution in [2.45, 2.75) is 46.6 Å². The van der Waals surface area contributed by atoms with Crippen LogP contribution in [0.25, 0.3) is 0 Å². The zero-order valence-corrected chi connectivity index (χ0v) is 20.5. The molecule has 2 N–H and O–H groups in total. The lowest BCUT2D eigenvalue weighted by atomic mass is 10.2. The molecule has 0 amide bonds. The summed E-state index contributed by atoms with van der Waals surface area (Å²) in [5.41, 5.74) is 1.23.